The maximum absolute atomic E-state index is 14.2. The number of carbonyl (C=O) groups is 6. The number of hydroxylamine groups is 2. The summed E-state index contributed by atoms with van der Waals surface area (Å²) in [6.45, 7) is 13.6. The number of carboxylic acids is 1. The zero-order valence-electron chi connectivity index (χ0n) is 40.2. The van der Waals surface area contributed by atoms with E-state index in [0.717, 1.165) is 24.8 Å². The Labute approximate surface area is 387 Å². The summed E-state index contributed by atoms with van der Waals surface area (Å²) in [6, 6.07) is 6.10. The largest absolute Gasteiger partial charge is 0.490 e. The monoisotopic (exact) mass is 939 g/mol. The summed E-state index contributed by atoms with van der Waals surface area (Å²) in [5, 5.41) is 21.1. The van der Waals surface area contributed by atoms with E-state index in [0.29, 0.717) is 19.3 Å². The first-order chi connectivity index (χ1) is 31.0. The molecule has 372 valence electrons. The molecule has 0 aromatic heterocycles. The highest BCUT2D eigenvalue weighted by molar-refractivity contribution is 5.91. The lowest BCUT2D eigenvalue weighted by molar-refractivity contribution is -0.232. The van der Waals surface area contributed by atoms with E-state index < -0.39 is 60.5 Å². The molecule has 1 aromatic carbocycles. The number of carbonyl (C=O) groups excluding carboxylic acids is 5. The van der Waals surface area contributed by atoms with Crippen LogP contribution in [-0.4, -0.2) is 146 Å². The van der Waals surface area contributed by atoms with Gasteiger partial charge in [-0.2, -0.15) is 13.2 Å². The van der Waals surface area contributed by atoms with E-state index in [1.165, 1.54) is 5.06 Å². The molecule has 2 fully saturated rings. The minimum absolute atomic E-state index is 0.0156. The van der Waals surface area contributed by atoms with Crippen molar-refractivity contribution in [1.29, 1.82) is 0 Å². The third-order valence-corrected chi connectivity index (χ3v) is 12.9. The zero-order chi connectivity index (χ0) is 49.6. The van der Waals surface area contributed by atoms with Crippen molar-refractivity contribution in [2.75, 3.05) is 28.3 Å². The number of alkyl halides is 3. The predicted molar refractivity (Wildman–Crippen MR) is 240 cm³/mol. The van der Waals surface area contributed by atoms with Crippen LogP contribution in [0.2, 0.25) is 0 Å². The molecule has 2 saturated heterocycles. The summed E-state index contributed by atoms with van der Waals surface area (Å²) in [4.78, 5) is 85.9. The topological polar surface area (TPSA) is 205 Å². The van der Waals surface area contributed by atoms with Crippen molar-refractivity contribution in [2.24, 2.45) is 23.7 Å². The fourth-order valence-electron chi connectivity index (χ4n) is 8.97. The van der Waals surface area contributed by atoms with E-state index in [-0.39, 0.29) is 71.8 Å². The average Bonchev–Trinajstić information content (AvgIpc) is 3.78. The van der Waals surface area contributed by atoms with Gasteiger partial charge in [0.25, 0.3) is 5.91 Å². The van der Waals surface area contributed by atoms with Crippen LogP contribution in [0.25, 0.3) is 0 Å². The molecule has 66 heavy (non-hydrogen) atoms. The molecular formula is C47H73F3N6O10. The molecule has 0 radical (unpaired) electrons. The minimum Gasteiger partial charge on any atom is -0.475 e. The molecule has 1 aromatic rings. The second kappa shape index (κ2) is 25.6. The number of amides is 4. The second-order valence-electron chi connectivity index (χ2n) is 18.3. The summed E-state index contributed by atoms with van der Waals surface area (Å²) in [5.41, 5.74) is 0.912. The number of ketones is 1. The second-order valence-corrected chi connectivity index (χ2v) is 18.3. The fraction of sp³-hybridized carbons (Fsp3) is 0.702. The highest BCUT2D eigenvalue weighted by Gasteiger charge is 2.44. The summed E-state index contributed by atoms with van der Waals surface area (Å²) < 4.78 is 43.7. The molecule has 4 aliphatic rings. The van der Waals surface area contributed by atoms with E-state index in [1.807, 2.05) is 84.0 Å². The molecule has 5 rings (SSSR count). The van der Waals surface area contributed by atoms with Crippen LogP contribution in [0.3, 0.4) is 0 Å². The number of fused-ring (bicyclic) bond motifs is 2. The average molecular weight is 939 g/mol. The molecule has 3 aliphatic heterocycles. The predicted octanol–water partition coefficient (Wildman–Crippen LogP) is 4.21. The number of hydrogen-bond acceptors (Lipinski definition) is 11. The van der Waals surface area contributed by atoms with Crippen LogP contribution in [0.1, 0.15) is 92.6 Å². The molecule has 12 atom stereocenters. The molecule has 4 amide bonds. The standard InChI is InChI=1S/C45H72N6O8.C2HF3O2/c1-12-28(6)40(50(9)45(56)39(27(4)5)49-43(54)38(46-8)26(2)3)37(57-10)25-36(52)33-22-23-34(47-33)41(58-11)29(7)42(53)48-35(24-30-16-14-13-15-17-30)44(55)51-31-18-20-32(59-51)21-19-31;3-2(4,5)1(6)7/h13-18,20,26-29,31-35,37-41,46-47H,12,19,21-25H2,1-11H3,(H,48,53)(H,49,54);(H,6,7)/t28-,29+,31?,32?,33?,34-,35-,37+,38-,39-,40-,41+;/m0./s1. The quantitative estimate of drug-likeness (QED) is 0.104. The summed E-state index contributed by atoms with van der Waals surface area (Å²) in [5.74, 6) is -4.72. The summed E-state index contributed by atoms with van der Waals surface area (Å²) >= 11 is 0. The first-order valence-electron chi connectivity index (χ1n) is 22.9. The smallest absolute Gasteiger partial charge is 0.475 e. The number of aliphatic carboxylic acids is 1. The fourth-order valence-corrected chi connectivity index (χ4v) is 8.97. The van der Waals surface area contributed by atoms with Crippen molar-refractivity contribution in [2.45, 2.75) is 160 Å². The molecule has 16 nitrogen and oxygen atoms in total. The number of ether oxygens (including phenoxy) is 2. The van der Waals surface area contributed by atoms with Crippen LogP contribution in [0.5, 0.6) is 0 Å². The number of likely N-dealkylation sites (N-methyl/N-ethyl adjacent to an activating group) is 2. The van der Waals surface area contributed by atoms with Crippen molar-refractivity contribution in [3.8, 4) is 0 Å². The lowest BCUT2D eigenvalue weighted by atomic mass is 9.88. The van der Waals surface area contributed by atoms with Crippen LogP contribution in [-0.2, 0) is 49.5 Å². The van der Waals surface area contributed by atoms with E-state index in [4.69, 9.17) is 24.2 Å². The normalized spacial score (nSPS) is 22.8. The molecule has 0 saturated carbocycles. The lowest BCUT2D eigenvalue weighted by Crippen LogP contribution is -2.59. The van der Waals surface area contributed by atoms with E-state index in [2.05, 4.69) is 21.3 Å². The number of carboxylic acid groups (broad SMARTS) is 1. The molecule has 3 heterocycles. The van der Waals surface area contributed by atoms with Gasteiger partial charge >= 0.3 is 12.1 Å². The van der Waals surface area contributed by atoms with E-state index >= 15 is 0 Å². The summed E-state index contributed by atoms with van der Waals surface area (Å²) in [6.07, 6.45) is 1.46. The Balaban J connectivity index is 0.00000152. The Kier molecular flexibility index (Phi) is 21.7. The van der Waals surface area contributed by atoms with Crippen molar-refractivity contribution in [1.82, 2.24) is 31.2 Å². The van der Waals surface area contributed by atoms with Gasteiger partial charge in [-0.05, 0) is 56.0 Å². The van der Waals surface area contributed by atoms with Crippen LogP contribution in [0.15, 0.2) is 42.5 Å². The van der Waals surface area contributed by atoms with Crippen molar-refractivity contribution in [3.05, 3.63) is 48.0 Å². The molecule has 19 heteroatoms. The SMILES string of the molecule is CC[C@H](C)[C@@H]([C@@H](CC(=O)C1CC[C@@H]([C@H](OC)[C@@H](C)C(=O)N[C@@H](Cc2ccccc2)C(=O)N2OC3C=CC2CC3)N1)OC)N(C)C(=O)[C@@H](NC(=O)[C@@H](NC)C(C)C)C(C)C.O=C(O)C(F)(F)F. The van der Waals surface area contributed by atoms with Gasteiger partial charge in [0, 0.05) is 40.2 Å². The van der Waals surface area contributed by atoms with Crippen molar-refractivity contribution < 1.29 is 61.4 Å². The first-order valence-corrected chi connectivity index (χ1v) is 22.9. The number of Topliss-reactive ketones (excluding diaryl/α,β-unsaturated/α-hetero) is 1. The number of hydrogen-bond donors (Lipinski definition) is 5. The van der Waals surface area contributed by atoms with Crippen LogP contribution < -0.4 is 21.3 Å². The number of rotatable bonds is 22. The van der Waals surface area contributed by atoms with Gasteiger partial charge in [-0.1, -0.05) is 97.4 Å². The van der Waals surface area contributed by atoms with Gasteiger partial charge in [0.05, 0.1) is 42.3 Å². The first kappa shape index (κ1) is 55.9. The maximum Gasteiger partial charge on any atom is 0.490 e. The van der Waals surface area contributed by atoms with Gasteiger partial charge in [0.2, 0.25) is 17.7 Å². The number of nitrogens with one attached hydrogen (secondary N) is 4. The number of nitrogens with zero attached hydrogens (tertiary/aromatic N) is 2. The minimum atomic E-state index is -5.08. The number of halogens is 3. The number of methoxy groups -OCH3 is 2. The number of benzene rings is 1. The van der Waals surface area contributed by atoms with Gasteiger partial charge in [-0.15, -0.1) is 0 Å². The highest BCUT2D eigenvalue weighted by Crippen LogP contribution is 2.30. The van der Waals surface area contributed by atoms with Gasteiger partial charge < -0.3 is 40.7 Å². The third-order valence-electron chi connectivity index (χ3n) is 12.9. The summed E-state index contributed by atoms with van der Waals surface area (Å²) in [7, 11) is 6.58. The molecular weight excluding hydrogens is 866 g/mol. The Hall–Kier alpha value is -4.43. The molecule has 5 N–H and O–H groups in total. The van der Waals surface area contributed by atoms with Crippen molar-refractivity contribution >= 4 is 35.4 Å². The zero-order valence-corrected chi connectivity index (χ0v) is 40.2. The van der Waals surface area contributed by atoms with Crippen molar-refractivity contribution in [3.63, 3.8) is 0 Å². The van der Waals surface area contributed by atoms with Crippen LogP contribution >= 0.6 is 0 Å². The Bertz CT molecular complexity index is 1800. The van der Waals surface area contributed by atoms with Gasteiger partial charge in [-0.25, -0.2) is 9.86 Å². The highest BCUT2D eigenvalue weighted by atomic mass is 19.4. The molecule has 0 spiro atoms. The Morgan fingerprint density at radius 2 is 1.52 bits per heavy atom. The Morgan fingerprint density at radius 3 is 1.98 bits per heavy atom. The van der Waals surface area contributed by atoms with Gasteiger partial charge in [0.15, 0.2) is 5.78 Å². The Morgan fingerprint density at radius 1 is 0.894 bits per heavy atom. The van der Waals surface area contributed by atoms with Crippen LogP contribution in [0, 0.1) is 23.7 Å². The third kappa shape index (κ3) is 15.0. The van der Waals surface area contributed by atoms with Crippen LogP contribution in [0.4, 0.5) is 13.2 Å². The molecule has 3 unspecified atom stereocenters. The maximum atomic E-state index is 14.2. The molecule has 1 aliphatic carbocycles. The van der Waals surface area contributed by atoms with E-state index in [1.54, 1.807) is 40.1 Å². The van der Waals surface area contributed by atoms with Gasteiger partial charge in [-0.3, -0.25) is 28.8 Å². The van der Waals surface area contributed by atoms with E-state index in [9.17, 15) is 37.1 Å². The lowest BCUT2D eigenvalue weighted by Gasteiger charge is -2.41. The van der Waals surface area contributed by atoms with Gasteiger partial charge in [0.1, 0.15) is 18.2 Å². The molecule has 2 bridgehead atoms.